The number of nitrogens with zero attached hydrogens (tertiary/aromatic N) is 4. The Balaban J connectivity index is 1.42. The van der Waals surface area contributed by atoms with E-state index in [9.17, 15) is 9.59 Å². The van der Waals surface area contributed by atoms with E-state index in [-0.39, 0.29) is 5.91 Å². The fraction of sp³-hybridized carbons (Fsp3) is 0.333. The summed E-state index contributed by atoms with van der Waals surface area (Å²) >= 11 is 1.46. The summed E-state index contributed by atoms with van der Waals surface area (Å²) in [5, 5.41) is 4.07. The van der Waals surface area contributed by atoms with Crippen molar-refractivity contribution in [2.45, 2.75) is 59.0 Å². The Morgan fingerprint density at radius 2 is 1.87 bits per heavy atom. The number of hydrogen-bond acceptors (Lipinski definition) is 9. The van der Waals surface area contributed by atoms with E-state index in [1.165, 1.54) is 19.1 Å². The van der Waals surface area contributed by atoms with Gasteiger partial charge in [0, 0.05) is 29.0 Å². The summed E-state index contributed by atoms with van der Waals surface area (Å²) in [7, 11) is 1.37. The highest BCUT2D eigenvalue weighted by Crippen LogP contribution is 2.38. The molecule has 10 nitrogen and oxygen atoms in total. The molecule has 5 aromatic rings. The number of amides is 1. The molecule has 47 heavy (non-hydrogen) atoms. The molecule has 1 fully saturated rings. The standard InChI is InChI=1S/C36H39N5O5S/c1-7-45-35-37-29-13-10-12-28(33(42)44-6)31(29)41(35)20-24-15-16-26(25(19-24)21-40-18-17-36(4,5)34(40)43)27-11-8-9-14-30(27)47-39-32-22(2)23(3)38-46-32/h8-16,19,39H,7,17-18,20-21H2,1-6H3. The van der Waals surface area contributed by atoms with Gasteiger partial charge in [-0.3, -0.25) is 14.1 Å². The van der Waals surface area contributed by atoms with Crippen LogP contribution in [0.4, 0.5) is 5.88 Å². The fourth-order valence-corrected chi connectivity index (χ4v) is 6.77. The molecule has 3 aromatic carbocycles. The largest absolute Gasteiger partial charge is 0.465 e. The van der Waals surface area contributed by atoms with Crippen LogP contribution in [0.25, 0.3) is 22.2 Å². The van der Waals surface area contributed by atoms with Crippen LogP contribution in [-0.2, 0) is 22.6 Å². The third-order valence-electron chi connectivity index (χ3n) is 8.74. The number of carbonyl (C=O) groups is 2. The lowest BCUT2D eigenvalue weighted by Crippen LogP contribution is -2.30. The molecule has 1 amide bonds. The minimum atomic E-state index is -0.440. The fourth-order valence-electron chi connectivity index (χ4n) is 5.94. The average Bonchev–Trinajstić information content (AvgIpc) is 3.67. The first kappa shape index (κ1) is 32.2. The van der Waals surface area contributed by atoms with E-state index in [1.807, 2.05) is 62.3 Å². The summed E-state index contributed by atoms with van der Waals surface area (Å²) in [5.74, 6) is 0.326. The number of nitrogens with one attached hydrogen (secondary N) is 1. The van der Waals surface area contributed by atoms with Crippen molar-refractivity contribution in [3.63, 3.8) is 0 Å². The van der Waals surface area contributed by atoms with Crippen LogP contribution in [0.3, 0.4) is 0 Å². The number of esters is 1. The van der Waals surface area contributed by atoms with Crippen LogP contribution in [-0.4, -0.2) is 51.7 Å². The van der Waals surface area contributed by atoms with Crippen molar-refractivity contribution in [1.82, 2.24) is 19.6 Å². The maximum atomic E-state index is 13.4. The molecule has 0 radical (unpaired) electrons. The van der Waals surface area contributed by atoms with Gasteiger partial charge in [0.2, 0.25) is 11.8 Å². The second kappa shape index (κ2) is 13.2. The molecule has 244 valence electrons. The summed E-state index contributed by atoms with van der Waals surface area (Å²) in [6.07, 6.45) is 0.808. The minimum absolute atomic E-state index is 0.149. The molecule has 0 aliphatic carbocycles. The smallest absolute Gasteiger partial charge is 0.340 e. The molecule has 1 aliphatic heterocycles. The molecule has 0 unspecified atom stereocenters. The third kappa shape index (κ3) is 6.32. The topological polar surface area (TPSA) is 112 Å². The van der Waals surface area contributed by atoms with E-state index in [2.05, 4.69) is 40.2 Å². The number of aromatic nitrogens is 3. The highest BCUT2D eigenvalue weighted by Gasteiger charge is 2.38. The summed E-state index contributed by atoms with van der Waals surface area (Å²) in [6.45, 7) is 11.8. The van der Waals surface area contributed by atoms with Gasteiger partial charge < -0.3 is 18.9 Å². The number of ether oxygens (including phenoxy) is 2. The zero-order valence-electron chi connectivity index (χ0n) is 27.5. The van der Waals surface area contributed by atoms with E-state index in [4.69, 9.17) is 19.0 Å². The zero-order chi connectivity index (χ0) is 33.3. The zero-order valence-corrected chi connectivity index (χ0v) is 28.4. The summed E-state index contributed by atoms with van der Waals surface area (Å²) < 4.78 is 21.8. The number of anilines is 1. The van der Waals surface area contributed by atoms with E-state index < -0.39 is 11.4 Å². The number of carbonyl (C=O) groups excluding carboxylic acids is 2. The molecule has 0 bridgehead atoms. The van der Waals surface area contributed by atoms with Crippen LogP contribution < -0.4 is 9.46 Å². The Labute approximate surface area is 278 Å². The highest BCUT2D eigenvalue weighted by molar-refractivity contribution is 8.00. The molecule has 11 heteroatoms. The third-order valence-corrected chi connectivity index (χ3v) is 9.61. The lowest BCUT2D eigenvalue weighted by Gasteiger charge is -2.23. The number of methoxy groups -OCH3 is 1. The Bertz CT molecular complexity index is 1960. The van der Waals surface area contributed by atoms with Crippen molar-refractivity contribution >= 4 is 40.7 Å². The average molecular weight is 654 g/mol. The predicted molar refractivity (Wildman–Crippen MR) is 182 cm³/mol. The number of benzene rings is 3. The van der Waals surface area contributed by atoms with Gasteiger partial charge in [-0.05, 0) is 79.6 Å². The van der Waals surface area contributed by atoms with Gasteiger partial charge in [0.1, 0.15) is 0 Å². The first-order chi connectivity index (χ1) is 22.6. The van der Waals surface area contributed by atoms with E-state index in [0.29, 0.717) is 54.7 Å². The van der Waals surface area contributed by atoms with Crippen LogP contribution in [0.5, 0.6) is 6.01 Å². The van der Waals surface area contributed by atoms with Crippen molar-refractivity contribution in [2.24, 2.45) is 5.41 Å². The van der Waals surface area contributed by atoms with E-state index in [0.717, 1.165) is 44.8 Å². The summed E-state index contributed by atoms with van der Waals surface area (Å²) in [5.41, 5.74) is 7.17. The van der Waals surface area contributed by atoms with Crippen molar-refractivity contribution < 1.29 is 23.6 Å². The first-order valence-electron chi connectivity index (χ1n) is 15.7. The molecular weight excluding hydrogens is 614 g/mol. The molecule has 0 atom stereocenters. The van der Waals surface area contributed by atoms with Crippen LogP contribution in [0.15, 0.2) is 70.1 Å². The van der Waals surface area contributed by atoms with Crippen LogP contribution in [0, 0.1) is 19.3 Å². The molecule has 3 heterocycles. The van der Waals surface area contributed by atoms with Gasteiger partial charge in [0.15, 0.2) is 0 Å². The molecule has 6 rings (SSSR count). The second-order valence-corrected chi connectivity index (χ2v) is 13.2. The van der Waals surface area contributed by atoms with Gasteiger partial charge >= 0.3 is 5.97 Å². The van der Waals surface area contributed by atoms with Crippen molar-refractivity contribution in [2.75, 3.05) is 25.0 Å². The monoisotopic (exact) mass is 653 g/mol. The second-order valence-electron chi connectivity index (χ2n) is 12.4. The van der Waals surface area contributed by atoms with Crippen molar-refractivity contribution in [3.05, 3.63) is 88.6 Å². The first-order valence-corrected chi connectivity index (χ1v) is 16.5. The number of likely N-dealkylation sites (tertiary alicyclic amines) is 1. The molecule has 0 saturated carbocycles. The number of imidazole rings is 1. The number of aryl methyl sites for hydroxylation is 1. The number of fused-ring (bicyclic) bond motifs is 1. The molecule has 1 aliphatic rings. The Morgan fingerprint density at radius 3 is 2.57 bits per heavy atom. The summed E-state index contributed by atoms with van der Waals surface area (Å²) in [4.78, 5) is 33.8. The van der Waals surface area contributed by atoms with Crippen LogP contribution >= 0.6 is 11.9 Å². The quantitative estimate of drug-likeness (QED) is 0.115. The van der Waals surface area contributed by atoms with E-state index in [1.54, 1.807) is 12.1 Å². The van der Waals surface area contributed by atoms with E-state index >= 15 is 0 Å². The van der Waals surface area contributed by atoms with Crippen LogP contribution in [0.1, 0.15) is 59.9 Å². The predicted octanol–water partition coefficient (Wildman–Crippen LogP) is 7.42. The van der Waals surface area contributed by atoms with Gasteiger partial charge in [-0.1, -0.05) is 61.5 Å². The molecule has 0 spiro atoms. The lowest BCUT2D eigenvalue weighted by atomic mass is 9.92. The van der Waals surface area contributed by atoms with Gasteiger partial charge in [-0.25, -0.2) is 4.79 Å². The minimum Gasteiger partial charge on any atom is -0.465 e. The van der Waals surface area contributed by atoms with Gasteiger partial charge in [-0.15, -0.1) is 0 Å². The lowest BCUT2D eigenvalue weighted by molar-refractivity contribution is -0.135. The SMILES string of the molecule is CCOc1nc2cccc(C(=O)OC)c2n1Cc1ccc(-c2ccccc2SNc2onc(C)c2C)c(CN2CCC(C)(C)C2=O)c1. The normalized spacial score (nSPS) is 14.2. The number of para-hydroxylation sites is 1. The summed E-state index contributed by atoms with van der Waals surface area (Å²) in [6, 6.07) is 20.3. The van der Waals surface area contributed by atoms with Crippen molar-refractivity contribution in [1.29, 1.82) is 0 Å². The Hall–Kier alpha value is -4.77. The van der Waals surface area contributed by atoms with Gasteiger partial charge in [0.05, 0.1) is 42.6 Å². The molecular formula is C36H39N5O5S. The number of rotatable bonds is 11. The maximum Gasteiger partial charge on any atom is 0.340 e. The van der Waals surface area contributed by atoms with Gasteiger partial charge in [0.25, 0.3) is 6.01 Å². The Kier molecular flexibility index (Phi) is 9.01. The Morgan fingerprint density at radius 1 is 1.06 bits per heavy atom. The molecule has 2 aromatic heterocycles. The highest BCUT2D eigenvalue weighted by atomic mass is 32.2. The molecule has 1 saturated heterocycles. The van der Waals surface area contributed by atoms with Crippen molar-refractivity contribution in [3.8, 4) is 17.1 Å². The van der Waals surface area contributed by atoms with Crippen LogP contribution in [0.2, 0.25) is 0 Å². The maximum absolute atomic E-state index is 13.4. The number of hydrogen-bond donors (Lipinski definition) is 1. The molecule has 1 N–H and O–H groups in total. The van der Waals surface area contributed by atoms with Gasteiger partial charge in [-0.2, -0.15) is 4.98 Å².